The molecule has 0 N–H and O–H groups in total. The highest BCUT2D eigenvalue weighted by atomic mass is 16.1. The Balaban J connectivity index is 2.47. The molecule has 0 saturated heterocycles. The molecule has 0 spiro atoms. The molecule has 2 rings (SSSR count). The van der Waals surface area contributed by atoms with Gasteiger partial charge in [-0.25, -0.2) is 0 Å². The maximum absolute atomic E-state index is 12.2. The van der Waals surface area contributed by atoms with Crippen LogP contribution < -0.4 is 0 Å². The Morgan fingerprint density at radius 3 is 2.53 bits per heavy atom. The standard InChI is InChI=1S/C15H11O2/c1-11-5-4-7-12(9-11)15(17)14-8-3-2-6-13(14)10-16/h2-9H,1H3. The van der Waals surface area contributed by atoms with E-state index in [9.17, 15) is 9.59 Å². The van der Waals surface area contributed by atoms with Gasteiger partial charge in [-0.2, -0.15) is 0 Å². The summed E-state index contributed by atoms with van der Waals surface area (Å²) < 4.78 is 0. The number of hydrogen-bond donors (Lipinski definition) is 0. The fraction of sp³-hybridized carbons (Fsp3) is 0.0667. The number of hydrogen-bond acceptors (Lipinski definition) is 2. The van der Waals surface area contributed by atoms with Crippen LogP contribution in [0.25, 0.3) is 0 Å². The minimum absolute atomic E-state index is 0.146. The number of carbonyl (C=O) groups excluding carboxylic acids is 2. The molecule has 17 heavy (non-hydrogen) atoms. The second-order valence-electron chi connectivity index (χ2n) is 3.85. The van der Waals surface area contributed by atoms with Gasteiger partial charge in [-0.1, -0.05) is 48.0 Å². The first-order valence-electron chi connectivity index (χ1n) is 5.31. The molecule has 0 aliphatic rings. The third-order valence-corrected chi connectivity index (χ3v) is 2.56. The summed E-state index contributed by atoms with van der Waals surface area (Å²) in [6, 6.07) is 14.0. The largest absolute Gasteiger partial charge is 0.289 e. The van der Waals surface area contributed by atoms with Gasteiger partial charge in [0, 0.05) is 16.7 Å². The molecule has 0 aliphatic carbocycles. The van der Waals surface area contributed by atoms with Crippen LogP contribution in [0.4, 0.5) is 0 Å². The molecule has 0 heterocycles. The van der Waals surface area contributed by atoms with E-state index in [0.717, 1.165) is 5.56 Å². The van der Waals surface area contributed by atoms with E-state index < -0.39 is 0 Å². The molecule has 0 saturated carbocycles. The molecule has 0 fully saturated rings. The Kier molecular flexibility index (Phi) is 3.15. The summed E-state index contributed by atoms with van der Waals surface area (Å²) in [4.78, 5) is 23.0. The maximum Gasteiger partial charge on any atom is 0.234 e. The molecule has 0 atom stereocenters. The Bertz CT molecular complexity index is 571. The van der Waals surface area contributed by atoms with Gasteiger partial charge in [0.05, 0.1) is 0 Å². The van der Waals surface area contributed by atoms with E-state index in [-0.39, 0.29) is 5.78 Å². The summed E-state index contributed by atoms with van der Waals surface area (Å²) in [5.74, 6) is -0.146. The topological polar surface area (TPSA) is 34.1 Å². The monoisotopic (exact) mass is 223 g/mol. The van der Waals surface area contributed by atoms with Crippen molar-refractivity contribution in [3.63, 3.8) is 0 Å². The van der Waals surface area contributed by atoms with Gasteiger partial charge in [-0.05, 0) is 13.0 Å². The molecule has 0 aromatic heterocycles. The van der Waals surface area contributed by atoms with E-state index in [1.165, 1.54) is 0 Å². The Hall–Kier alpha value is -2.22. The Labute approximate surface area is 99.9 Å². The molecule has 0 aliphatic heterocycles. The average Bonchev–Trinajstić information content (AvgIpc) is 2.38. The summed E-state index contributed by atoms with van der Waals surface area (Å²) in [7, 11) is 0. The molecule has 2 aromatic rings. The highest BCUT2D eigenvalue weighted by Gasteiger charge is 2.12. The smallest absolute Gasteiger partial charge is 0.234 e. The lowest BCUT2D eigenvalue weighted by Crippen LogP contribution is -2.05. The van der Waals surface area contributed by atoms with Crippen molar-refractivity contribution in [1.82, 2.24) is 0 Å². The van der Waals surface area contributed by atoms with Crippen molar-refractivity contribution in [3.05, 3.63) is 70.8 Å². The van der Waals surface area contributed by atoms with Crippen LogP contribution in [-0.2, 0) is 4.79 Å². The predicted octanol–water partition coefficient (Wildman–Crippen LogP) is 2.68. The summed E-state index contributed by atoms with van der Waals surface area (Å²) in [5.41, 5.74) is 2.31. The molecule has 0 bridgehead atoms. The van der Waals surface area contributed by atoms with Gasteiger partial charge in [-0.3, -0.25) is 9.59 Å². The zero-order chi connectivity index (χ0) is 12.3. The van der Waals surface area contributed by atoms with Gasteiger partial charge in [0.25, 0.3) is 0 Å². The second-order valence-corrected chi connectivity index (χ2v) is 3.85. The van der Waals surface area contributed by atoms with Crippen LogP contribution in [0, 0.1) is 6.92 Å². The van der Waals surface area contributed by atoms with Crippen LogP contribution in [0.2, 0.25) is 0 Å². The molecular formula is C15H11O2. The highest BCUT2D eigenvalue weighted by molar-refractivity contribution is 6.12. The van der Waals surface area contributed by atoms with Gasteiger partial charge >= 0.3 is 0 Å². The van der Waals surface area contributed by atoms with Crippen molar-refractivity contribution < 1.29 is 9.59 Å². The quantitative estimate of drug-likeness (QED) is 0.750. The van der Waals surface area contributed by atoms with Crippen LogP contribution in [0.15, 0.2) is 48.5 Å². The molecular weight excluding hydrogens is 212 g/mol. The summed E-state index contributed by atoms with van der Waals surface area (Å²) in [6.45, 7) is 1.93. The minimum atomic E-state index is -0.146. The van der Waals surface area contributed by atoms with E-state index >= 15 is 0 Å². The number of aryl methyl sites for hydroxylation is 1. The summed E-state index contributed by atoms with van der Waals surface area (Å²) in [5, 5.41) is 0. The van der Waals surface area contributed by atoms with Gasteiger partial charge in [0.2, 0.25) is 6.29 Å². The van der Waals surface area contributed by atoms with Crippen molar-refractivity contribution in [1.29, 1.82) is 0 Å². The van der Waals surface area contributed by atoms with Crippen molar-refractivity contribution in [2.45, 2.75) is 6.92 Å². The lowest BCUT2D eigenvalue weighted by molar-refractivity contribution is 0.103. The average molecular weight is 223 g/mol. The second kappa shape index (κ2) is 4.74. The van der Waals surface area contributed by atoms with E-state index in [0.29, 0.717) is 16.7 Å². The SMILES string of the molecule is Cc1cccc(C(=O)c2ccccc2[C]=O)c1. The number of rotatable bonds is 3. The van der Waals surface area contributed by atoms with Gasteiger partial charge in [0.15, 0.2) is 5.78 Å². The third kappa shape index (κ3) is 2.31. The molecule has 83 valence electrons. The fourth-order valence-corrected chi connectivity index (χ4v) is 1.71. The highest BCUT2D eigenvalue weighted by Crippen LogP contribution is 2.14. The van der Waals surface area contributed by atoms with Crippen LogP contribution >= 0.6 is 0 Å². The zero-order valence-electron chi connectivity index (χ0n) is 9.44. The van der Waals surface area contributed by atoms with E-state index in [2.05, 4.69) is 0 Å². The lowest BCUT2D eigenvalue weighted by Gasteiger charge is -2.04. The van der Waals surface area contributed by atoms with Crippen LogP contribution in [0.3, 0.4) is 0 Å². The van der Waals surface area contributed by atoms with Crippen molar-refractivity contribution in [2.75, 3.05) is 0 Å². The predicted molar refractivity (Wildman–Crippen MR) is 65.8 cm³/mol. The zero-order valence-corrected chi connectivity index (χ0v) is 9.44. The van der Waals surface area contributed by atoms with Crippen molar-refractivity contribution in [2.24, 2.45) is 0 Å². The molecule has 2 aromatic carbocycles. The molecule has 2 nitrogen and oxygen atoms in total. The van der Waals surface area contributed by atoms with Crippen LogP contribution in [0.1, 0.15) is 27.0 Å². The summed E-state index contributed by atoms with van der Waals surface area (Å²) >= 11 is 0. The normalized spacial score (nSPS) is 9.94. The van der Waals surface area contributed by atoms with Gasteiger partial charge in [0.1, 0.15) is 0 Å². The van der Waals surface area contributed by atoms with E-state index in [4.69, 9.17) is 0 Å². The number of ketones is 1. The van der Waals surface area contributed by atoms with Crippen molar-refractivity contribution in [3.8, 4) is 0 Å². The molecule has 1 radical (unpaired) electrons. The fourth-order valence-electron chi connectivity index (χ4n) is 1.71. The maximum atomic E-state index is 12.2. The molecule has 2 heteroatoms. The Morgan fingerprint density at radius 1 is 1.06 bits per heavy atom. The molecule has 0 amide bonds. The first kappa shape index (κ1) is 11.3. The minimum Gasteiger partial charge on any atom is -0.289 e. The third-order valence-electron chi connectivity index (χ3n) is 2.56. The van der Waals surface area contributed by atoms with Gasteiger partial charge in [-0.15, -0.1) is 0 Å². The van der Waals surface area contributed by atoms with Crippen LogP contribution in [-0.4, -0.2) is 12.1 Å². The van der Waals surface area contributed by atoms with Gasteiger partial charge < -0.3 is 0 Å². The van der Waals surface area contributed by atoms with E-state index in [1.807, 2.05) is 25.1 Å². The first-order valence-corrected chi connectivity index (χ1v) is 5.31. The Morgan fingerprint density at radius 2 is 1.82 bits per heavy atom. The van der Waals surface area contributed by atoms with E-state index in [1.54, 1.807) is 36.6 Å². The van der Waals surface area contributed by atoms with Crippen LogP contribution in [0.5, 0.6) is 0 Å². The van der Waals surface area contributed by atoms with Crippen molar-refractivity contribution >= 4 is 12.1 Å². The summed E-state index contributed by atoms with van der Waals surface area (Å²) in [6.07, 6.45) is 1.79. The number of benzene rings is 2. The first-order chi connectivity index (χ1) is 8.22. The number of carbonyl (C=O) groups is 1. The lowest BCUT2D eigenvalue weighted by atomic mass is 9.98. The molecule has 0 unspecified atom stereocenters.